The molecule has 0 aliphatic carbocycles. The molecule has 0 aromatic heterocycles. The molecule has 0 spiro atoms. The van der Waals surface area contributed by atoms with E-state index in [0.717, 1.165) is 78.6 Å². The van der Waals surface area contributed by atoms with Crippen LogP contribution in [-0.4, -0.2) is 446 Å². The van der Waals surface area contributed by atoms with E-state index in [1.165, 1.54) is 161 Å². The van der Waals surface area contributed by atoms with Gasteiger partial charge in [-0.2, -0.15) is 0 Å². The van der Waals surface area contributed by atoms with Crippen molar-refractivity contribution in [1.29, 1.82) is 0 Å². The summed E-state index contributed by atoms with van der Waals surface area (Å²) in [6.45, 7) is 0.277. The Bertz CT molecular complexity index is 3530. The Balaban J connectivity index is 0.985. The molecule has 0 radical (unpaired) electrons. The number of allylic oxidation sites excluding steroid dienone is 1. The predicted molar refractivity (Wildman–Crippen MR) is 506 cm³/mol. The number of nitrogens with one attached hydrogen (secondary N) is 4. The van der Waals surface area contributed by atoms with Gasteiger partial charge in [-0.1, -0.05) is 231 Å². The quantitative estimate of drug-likeness (QED) is 0.0221. The van der Waals surface area contributed by atoms with Gasteiger partial charge in [0, 0.05) is 27.2 Å². The molecule has 8 aliphatic heterocycles. The molecule has 8 saturated heterocycles. The number of unbranched alkanes of at least 4 members (excludes halogenated alkanes) is 33. The van der Waals surface area contributed by atoms with Gasteiger partial charge in [0.25, 0.3) is 0 Å². The lowest BCUT2D eigenvalue weighted by Gasteiger charge is -2.52. The van der Waals surface area contributed by atoms with Crippen LogP contribution in [0.5, 0.6) is 0 Å². The van der Waals surface area contributed by atoms with Crippen LogP contribution in [0.15, 0.2) is 12.2 Å². The molecule has 8 aliphatic rings. The molecule has 42 atom stereocenters. The summed E-state index contributed by atoms with van der Waals surface area (Å²) in [5, 5.41) is 261. The highest BCUT2D eigenvalue weighted by molar-refractivity contribution is 5.76. The summed E-state index contributed by atoms with van der Waals surface area (Å²) < 4.78 is 98.0. The number of rotatable bonds is 66. The monoisotopic (exact) mass is 2080 g/mol. The number of ether oxygens (including phenoxy) is 16. The first-order valence-electron chi connectivity index (χ1n) is 52.8. The Hall–Kier alpha value is -3.90. The number of hydrogen-bond donors (Lipinski definition) is 26. The van der Waals surface area contributed by atoms with Crippen molar-refractivity contribution in [3.63, 3.8) is 0 Å². The highest BCUT2D eigenvalue weighted by atomic mass is 16.8. The molecule has 8 rings (SSSR count). The van der Waals surface area contributed by atoms with Crippen LogP contribution >= 0.6 is 0 Å². The maximum absolute atomic E-state index is 13.7. The molecule has 144 heavy (non-hydrogen) atoms. The Morgan fingerprint density at radius 2 is 0.583 bits per heavy atom. The largest absolute Gasteiger partial charge is 0.394 e. The van der Waals surface area contributed by atoms with E-state index in [9.17, 15) is 132 Å². The molecule has 16 unspecified atom stereocenters. The van der Waals surface area contributed by atoms with E-state index in [0.29, 0.717) is 12.8 Å². The van der Waals surface area contributed by atoms with E-state index in [1.807, 2.05) is 6.08 Å². The van der Waals surface area contributed by atoms with Crippen molar-refractivity contribution in [3.05, 3.63) is 12.2 Å². The number of carbonyl (C=O) groups excluding carboxylic acids is 4. The first-order valence-corrected chi connectivity index (χ1v) is 52.8. The zero-order valence-corrected chi connectivity index (χ0v) is 84.5. The van der Waals surface area contributed by atoms with Crippen LogP contribution in [0.1, 0.15) is 273 Å². The van der Waals surface area contributed by atoms with Crippen LogP contribution in [0.2, 0.25) is 0 Å². The molecule has 8 heterocycles. The molecule has 4 amide bonds. The summed E-state index contributed by atoms with van der Waals surface area (Å²) in [6.07, 6.45) is -32.3. The summed E-state index contributed by atoms with van der Waals surface area (Å²) >= 11 is 0. The van der Waals surface area contributed by atoms with Gasteiger partial charge in [-0.05, 0) is 26.2 Å². The van der Waals surface area contributed by atoms with Crippen LogP contribution < -0.4 is 21.3 Å². The smallest absolute Gasteiger partial charge is 0.220 e. The minimum atomic E-state index is -2.57. The van der Waals surface area contributed by atoms with E-state index in [-0.39, 0.29) is 12.3 Å². The fourth-order valence-electron chi connectivity index (χ4n) is 19.8. The third-order valence-electron chi connectivity index (χ3n) is 28.3. The SMILES string of the molecule is CCCCCCCCCCCCC/C=C/[C@@H](O)[C@H](CO[C@@H]1OC(CO)[C@@H](O[C@@H]2OC(CO)[C@H](O[C@@H]3OC(CO)[C@H](O[C@@H]4OC(CO)[C@H](O)[C@H](O[C@@H]5OC(CO)[C@H](O)[C@H](O)C5O[C@H]5OC(C)[C@@H](O)C(O)[C@@H]5O)C4NC(C)=O)[C@H](O[C@@H]4OC(CO)[C@H](O)[C@H](O[C@H]5OC(CO)[C@H](O)[C@H](O)C5NC(C)=O)C4NC(C)=O)C3O)[C@H](O)C2O)[C@H](O)C1O)NC(=O)CCCCCCCCCCCCCCCCCCCCCCCCC. The van der Waals surface area contributed by atoms with Gasteiger partial charge in [-0.15, -0.1) is 0 Å². The second-order valence-electron chi connectivity index (χ2n) is 39.8. The van der Waals surface area contributed by atoms with Gasteiger partial charge >= 0.3 is 0 Å². The van der Waals surface area contributed by atoms with Crippen molar-refractivity contribution < 1.29 is 207 Å². The molecule has 46 heteroatoms. The first-order chi connectivity index (χ1) is 69.1. The van der Waals surface area contributed by atoms with Crippen molar-refractivity contribution in [2.24, 2.45) is 0 Å². The minimum absolute atomic E-state index is 0.138. The highest BCUT2D eigenvalue weighted by Crippen LogP contribution is 2.41. The van der Waals surface area contributed by atoms with Crippen LogP contribution in [0.3, 0.4) is 0 Å². The molecule has 0 bridgehead atoms. The summed E-state index contributed by atoms with van der Waals surface area (Å²) in [7, 11) is 0. The van der Waals surface area contributed by atoms with E-state index < -0.39 is 328 Å². The van der Waals surface area contributed by atoms with Crippen molar-refractivity contribution >= 4 is 23.6 Å². The Kier molecular flexibility index (Phi) is 57.6. The van der Waals surface area contributed by atoms with E-state index >= 15 is 0 Å². The number of amides is 4. The van der Waals surface area contributed by atoms with Gasteiger partial charge in [0.05, 0.1) is 71.1 Å². The lowest BCUT2D eigenvalue weighted by molar-refractivity contribution is -0.403. The number of aliphatic hydroxyl groups is 22. The van der Waals surface area contributed by atoms with E-state index in [2.05, 4.69) is 35.1 Å². The standard InChI is InChI=1S/C98H176N4O42/c1-7-9-11-13-15-17-19-21-22-23-24-25-26-27-28-29-30-32-34-36-38-40-42-44-66(114)102-57(58(113)43-41-39-37-35-33-31-20-18-16-14-12-10-8-2)52-129-94-81(126)78(123)84(63(49-107)135-94)138-96-82(127)79(124)85(64(50-108)136-96)139-97-83(128)89(143-93-68(100-55(5)111)87(73(118)61(47-105)133-93)141-91-67(99-54(4)110)75(120)71(116)59(45-103)131-91)86(65(51-109)137-97)140-92-69(101-56(6)112)88(74(119)62(48-106)132-92)142-98-90(77(122)72(117)60(46-104)134-98)144-95-80(125)76(121)70(115)53(3)130-95/h41,43,53,57-65,67-98,103-109,113,115-128H,7-40,42,44-52H2,1-6H3,(H,99,110)(H,100,111)(H,101,112)(H,102,114)/b43-41+/t53?,57-,58+,59?,60?,61?,62?,63?,64?,65?,67?,68?,69?,70+,71-,72-,73-,74-,75+,76?,77-,78+,79+,80-,81?,82?,83?,84+,85-,86-,87+,88+,89+,90?,91+,92-,93-,94+,95+,96-,97-,98-/m0/s1. The minimum Gasteiger partial charge on any atom is -0.394 e. The van der Waals surface area contributed by atoms with Gasteiger partial charge in [-0.3, -0.25) is 19.2 Å². The summed E-state index contributed by atoms with van der Waals surface area (Å²) in [4.78, 5) is 53.6. The summed E-state index contributed by atoms with van der Waals surface area (Å²) in [6, 6.07) is -6.90. The predicted octanol–water partition coefficient (Wildman–Crippen LogP) is -2.48. The first kappa shape index (κ1) is 125. The molecule has 8 fully saturated rings. The molecular formula is C98H176N4O42. The van der Waals surface area contributed by atoms with Crippen molar-refractivity contribution in [3.8, 4) is 0 Å². The van der Waals surface area contributed by atoms with Gasteiger partial charge in [0.1, 0.15) is 189 Å². The lowest BCUT2D eigenvalue weighted by atomic mass is 9.93. The molecule has 0 aromatic carbocycles. The number of aliphatic hydroxyl groups excluding tert-OH is 22. The van der Waals surface area contributed by atoms with Crippen molar-refractivity contribution in [2.45, 2.75) is 530 Å². The van der Waals surface area contributed by atoms with Crippen LogP contribution in [-0.2, 0) is 95.0 Å². The Morgan fingerprint density at radius 1 is 0.285 bits per heavy atom. The molecule has 840 valence electrons. The fourth-order valence-corrected chi connectivity index (χ4v) is 19.8. The Labute approximate surface area is 844 Å². The lowest BCUT2D eigenvalue weighted by Crippen LogP contribution is -2.72. The highest BCUT2D eigenvalue weighted by Gasteiger charge is 2.62. The van der Waals surface area contributed by atoms with Crippen molar-refractivity contribution in [2.75, 3.05) is 52.9 Å². The van der Waals surface area contributed by atoms with Gasteiger partial charge in [0.15, 0.2) is 50.3 Å². The molecule has 26 N–H and O–H groups in total. The average molecular weight is 2080 g/mol. The molecule has 46 nitrogen and oxygen atoms in total. The van der Waals surface area contributed by atoms with Crippen LogP contribution in [0, 0.1) is 0 Å². The second kappa shape index (κ2) is 66.3. The van der Waals surface area contributed by atoms with Gasteiger partial charge < -0.3 is 209 Å². The topological polar surface area (TPSA) is 709 Å². The van der Waals surface area contributed by atoms with Crippen LogP contribution in [0.4, 0.5) is 0 Å². The number of carbonyl (C=O) groups is 4. The third kappa shape index (κ3) is 37.5. The normalized spacial score (nSPS) is 38.0. The van der Waals surface area contributed by atoms with E-state index in [4.69, 9.17) is 75.8 Å². The molecule has 0 aromatic rings. The van der Waals surface area contributed by atoms with Gasteiger partial charge in [0.2, 0.25) is 23.6 Å². The maximum atomic E-state index is 13.7. The maximum Gasteiger partial charge on any atom is 0.220 e. The van der Waals surface area contributed by atoms with Gasteiger partial charge in [-0.25, -0.2) is 0 Å². The third-order valence-corrected chi connectivity index (χ3v) is 28.3. The van der Waals surface area contributed by atoms with Crippen molar-refractivity contribution in [1.82, 2.24) is 21.3 Å². The fraction of sp³-hybridized carbons (Fsp3) is 0.939. The molecular weight excluding hydrogens is 1910 g/mol. The van der Waals surface area contributed by atoms with Crippen LogP contribution in [0.25, 0.3) is 0 Å². The zero-order valence-electron chi connectivity index (χ0n) is 84.5. The summed E-state index contributed by atoms with van der Waals surface area (Å²) in [5.74, 6) is -3.18. The summed E-state index contributed by atoms with van der Waals surface area (Å²) in [5.41, 5.74) is 0. The second-order valence-corrected chi connectivity index (χ2v) is 39.8. The number of hydrogen-bond acceptors (Lipinski definition) is 42. The molecule has 0 saturated carbocycles. The van der Waals surface area contributed by atoms with E-state index in [1.54, 1.807) is 6.08 Å². The average Bonchev–Trinajstić information content (AvgIpc) is 0.754. The Morgan fingerprint density at radius 3 is 1.01 bits per heavy atom. The zero-order chi connectivity index (χ0) is 105.